The largest absolute Gasteiger partial charge is 0.383 e. The zero-order valence-electron chi connectivity index (χ0n) is 9.67. The number of nitrogen functional groups attached to an aromatic ring is 2. The molecule has 0 unspecified atom stereocenters. The maximum Gasteiger partial charge on any atom is 0.223 e. The number of hydrogen-bond acceptors (Lipinski definition) is 5. The summed E-state index contributed by atoms with van der Waals surface area (Å²) in [5.41, 5.74) is 12.3. The van der Waals surface area contributed by atoms with E-state index in [0.717, 1.165) is 12.2 Å². The molecule has 0 aliphatic heterocycles. The molecule has 88 valence electrons. The molecule has 5 heteroatoms. The molecule has 0 aliphatic carbocycles. The Morgan fingerprint density at radius 2 is 1.82 bits per heavy atom. The highest BCUT2D eigenvalue weighted by molar-refractivity contribution is 5.62. The van der Waals surface area contributed by atoms with E-state index in [1.807, 2.05) is 42.2 Å². The van der Waals surface area contributed by atoms with Crippen LogP contribution in [0.2, 0.25) is 0 Å². The predicted molar refractivity (Wildman–Crippen MR) is 70.0 cm³/mol. The first kappa shape index (κ1) is 11.2. The highest BCUT2D eigenvalue weighted by Gasteiger charge is 2.09. The molecule has 1 heterocycles. The van der Waals surface area contributed by atoms with E-state index in [1.54, 1.807) is 6.07 Å². The molecule has 0 amide bonds. The van der Waals surface area contributed by atoms with Gasteiger partial charge in [0.25, 0.3) is 0 Å². The molecular weight excluding hydrogens is 214 g/mol. The number of rotatable bonds is 3. The highest BCUT2D eigenvalue weighted by Crippen LogP contribution is 2.24. The first-order chi connectivity index (χ1) is 8.20. The third-order valence-electron chi connectivity index (χ3n) is 2.41. The highest BCUT2D eigenvalue weighted by atomic mass is 15.2. The van der Waals surface area contributed by atoms with Gasteiger partial charge in [-0.1, -0.05) is 18.2 Å². The fourth-order valence-electron chi connectivity index (χ4n) is 1.69. The van der Waals surface area contributed by atoms with E-state index in [0.29, 0.717) is 11.6 Å². The molecule has 0 radical (unpaired) electrons. The Morgan fingerprint density at radius 1 is 1.12 bits per heavy atom. The summed E-state index contributed by atoms with van der Waals surface area (Å²) in [7, 11) is 0. The van der Waals surface area contributed by atoms with Crippen molar-refractivity contribution in [3.8, 4) is 0 Å². The van der Waals surface area contributed by atoms with Gasteiger partial charge in [0.15, 0.2) is 0 Å². The van der Waals surface area contributed by atoms with Gasteiger partial charge in [-0.2, -0.15) is 9.97 Å². The quantitative estimate of drug-likeness (QED) is 0.838. The lowest BCUT2D eigenvalue weighted by Crippen LogP contribution is -2.18. The zero-order chi connectivity index (χ0) is 12.3. The van der Waals surface area contributed by atoms with Crippen LogP contribution in [0.25, 0.3) is 0 Å². The van der Waals surface area contributed by atoms with Crippen LogP contribution in [0.1, 0.15) is 6.92 Å². The summed E-state index contributed by atoms with van der Waals surface area (Å²) in [5, 5.41) is 0. The van der Waals surface area contributed by atoms with E-state index in [4.69, 9.17) is 11.5 Å². The van der Waals surface area contributed by atoms with Crippen LogP contribution >= 0.6 is 0 Å². The van der Waals surface area contributed by atoms with Gasteiger partial charge in [0.1, 0.15) is 11.6 Å². The van der Waals surface area contributed by atoms with Gasteiger partial charge < -0.3 is 16.4 Å². The first-order valence-corrected chi connectivity index (χ1v) is 5.43. The van der Waals surface area contributed by atoms with Gasteiger partial charge >= 0.3 is 0 Å². The monoisotopic (exact) mass is 229 g/mol. The van der Waals surface area contributed by atoms with Gasteiger partial charge in [-0.05, 0) is 19.1 Å². The Kier molecular flexibility index (Phi) is 3.09. The first-order valence-electron chi connectivity index (χ1n) is 5.43. The lowest BCUT2D eigenvalue weighted by atomic mass is 10.3. The number of aromatic nitrogens is 2. The Morgan fingerprint density at radius 3 is 2.41 bits per heavy atom. The molecular formula is C12H15N5. The van der Waals surface area contributed by atoms with E-state index in [1.165, 1.54) is 0 Å². The van der Waals surface area contributed by atoms with Gasteiger partial charge in [0, 0.05) is 18.3 Å². The lowest BCUT2D eigenvalue weighted by Gasteiger charge is -2.22. The van der Waals surface area contributed by atoms with Crippen LogP contribution in [0.4, 0.5) is 23.3 Å². The summed E-state index contributed by atoms with van der Waals surface area (Å²) in [6, 6.07) is 11.7. The fourth-order valence-corrected chi connectivity index (χ4v) is 1.69. The third-order valence-corrected chi connectivity index (χ3v) is 2.41. The van der Waals surface area contributed by atoms with Crippen molar-refractivity contribution < 1.29 is 0 Å². The molecule has 2 aromatic rings. The van der Waals surface area contributed by atoms with Crippen molar-refractivity contribution in [2.24, 2.45) is 0 Å². The van der Waals surface area contributed by atoms with Gasteiger partial charge in [-0.15, -0.1) is 0 Å². The third kappa shape index (κ3) is 2.44. The van der Waals surface area contributed by atoms with Crippen molar-refractivity contribution in [2.75, 3.05) is 22.9 Å². The Bertz CT molecular complexity index is 477. The molecule has 4 N–H and O–H groups in total. The number of nitrogens with zero attached hydrogens (tertiary/aromatic N) is 3. The van der Waals surface area contributed by atoms with Gasteiger partial charge in [0.05, 0.1) is 0 Å². The molecule has 0 bridgehead atoms. The van der Waals surface area contributed by atoms with Crippen LogP contribution in [-0.4, -0.2) is 16.5 Å². The number of nitrogens with two attached hydrogens (primary N) is 2. The number of anilines is 4. The second-order valence-corrected chi connectivity index (χ2v) is 3.59. The molecule has 5 nitrogen and oxygen atoms in total. The smallest absolute Gasteiger partial charge is 0.223 e. The number of hydrogen-bond donors (Lipinski definition) is 2. The minimum absolute atomic E-state index is 0.189. The van der Waals surface area contributed by atoms with Crippen molar-refractivity contribution in [3.63, 3.8) is 0 Å². The van der Waals surface area contributed by atoms with Crippen LogP contribution in [0, 0.1) is 0 Å². The van der Waals surface area contributed by atoms with Crippen LogP contribution < -0.4 is 16.4 Å². The van der Waals surface area contributed by atoms with E-state index in [-0.39, 0.29) is 5.95 Å². The van der Waals surface area contributed by atoms with E-state index < -0.39 is 0 Å². The fraction of sp³-hybridized carbons (Fsp3) is 0.167. The molecule has 0 saturated heterocycles. The SMILES string of the molecule is CCN(c1ccccc1)c1cc(N)nc(N)n1. The van der Waals surface area contributed by atoms with Crippen molar-refractivity contribution in [2.45, 2.75) is 6.92 Å². The average Bonchev–Trinajstić information content (AvgIpc) is 2.30. The normalized spacial score (nSPS) is 10.2. The predicted octanol–water partition coefficient (Wildman–Crippen LogP) is 1.80. The topological polar surface area (TPSA) is 81.1 Å². The van der Waals surface area contributed by atoms with Gasteiger partial charge in [0.2, 0.25) is 5.95 Å². The Labute approximate surface area is 100 Å². The lowest BCUT2D eigenvalue weighted by molar-refractivity contribution is 0.982. The standard InChI is InChI=1S/C12H15N5/c1-2-17(9-6-4-3-5-7-9)11-8-10(13)15-12(14)16-11/h3-8H,2H2,1H3,(H4,13,14,15,16). The van der Waals surface area contributed by atoms with Crippen LogP contribution in [0.15, 0.2) is 36.4 Å². The summed E-state index contributed by atoms with van der Waals surface area (Å²) >= 11 is 0. The molecule has 0 aliphatic rings. The molecule has 17 heavy (non-hydrogen) atoms. The van der Waals surface area contributed by atoms with Crippen molar-refractivity contribution in [1.82, 2.24) is 9.97 Å². The molecule has 1 aromatic carbocycles. The molecule has 0 saturated carbocycles. The van der Waals surface area contributed by atoms with Crippen LogP contribution in [0.3, 0.4) is 0 Å². The van der Waals surface area contributed by atoms with Crippen LogP contribution in [-0.2, 0) is 0 Å². The Hall–Kier alpha value is -2.30. The van der Waals surface area contributed by atoms with E-state index in [9.17, 15) is 0 Å². The minimum Gasteiger partial charge on any atom is -0.383 e. The second-order valence-electron chi connectivity index (χ2n) is 3.59. The van der Waals surface area contributed by atoms with E-state index in [2.05, 4.69) is 9.97 Å². The van der Waals surface area contributed by atoms with Crippen molar-refractivity contribution in [1.29, 1.82) is 0 Å². The second kappa shape index (κ2) is 4.69. The minimum atomic E-state index is 0.189. The zero-order valence-corrected chi connectivity index (χ0v) is 9.67. The molecule has 1 aromatic heterocycles. The number of benzene rings is 1. The maximum atomic E-state index is 5.67. The summed E-state index contributed by atoms with van der Waals surface area (Å²) in [5.74, 6) is 1.28. The van der Waals surface area contributed by atoms with Gasteiger partial charge in [-0.25, -0.2) is 0 Å². The average molecular weight is 229 g/mol. The van der Waals surface area contributed by atoms with Crippen molar-refractivity contribution in [3.05, 3.63) is 36.4 Å². The molecule has 0 atom stereocenters. The van der Waals surface area contributed by atoms with Crippen LogP contribution in [0.5, 0.6) is 0 Å². The summed E-state index contributed by atoms with van der Waals surface area (Å²) < 4.78 is 0. The summed E-state index contributed by atoms with van der Waals surface area (Å²) in [6.07, 6.45) is 0. The number of para-hydroxylation sites is 1. The molecule has 0 fully saturated rings. The molecule has 2 rings (SSSR count). The van der Waals surface area contributed by atoms with Gasteiger partial charge in [-0.3, -0.25) is 0 Å². The van der Waals surface area contributed by atoms with E-state index >= 15 is 0 Å². The Balaban J connectivity index is 2.42. The van der Waals surface area contributed by atoms with Crippen molar-refractivity contribution >= 4 is 23.3 Å². The maximum absolute atomic E-state index is 5.67. The summed E-state index contributed by atoms with van der Waals surface area (Å²) in [6.45, 7) is 2.82. The summed E-state index contributed by atoms with van der Waals surface area (Å²) in [4.78, 5) is 10.1. The molecule has 0 spiro atoms.